The van der Waals surface area contributed by atoms with Gasteiger partial charge in [0, 0.05) is 17.6 Å². The fourth-order valence-electron chi connectivity index (χ4n) is 4.15. The van der Waals surface area contributed by atoms with Gasteiger partial charge in [-0.1, -0.05) is 44.4 Å². The number of aryl methyl sites for hydroxylation is 1. The second-order valence-electron chi connectivity index (χ2n) is 7.99. The van der Waals surface area contributed by atoms with Crippen molar-refractivity contribution >= 4 is 26.4 Å². The Kier molecular flexibility index (Phi) is 6.06. The summed E-state index contributed by atoms with van der Waals surface area (Å²) in [5.41, 5.74) is 3.14. The van der Waals surface area contributed by atoms with E-state index in [9.17, 15) is 13.5 Å². The van der Waals surface area contributed by atoms with Gasteiger partial charge in [0.05, 0.1) is 22.7 Å². The zero-order chi connectivity index (χ0) is 21.1. The molecule has 0 amide bonds. The van der Waals surface area contributed by atoms with Gasteiger partial charge in [0.15, 0.2) is 0 Å². The Labute approximate surface area is 178 Å². The van der Waals surface area contributed by atoms with E-state index in [-0.39, 0.29) is 22.4 Å². The predicted octanol–water partition coefficient (Wildman–Crippen LogP) is 4.87. The Hall–Kier alpha value is -2.44. The van der Waals surface area contributed by atoms with Crippen LogP contribution in [0, 0.1) is 0 Å². The van der Waals surface area contributed by atoms with E-state index in [0.29, 0.717) is 11.2 Å². The molecule has 1 aliphatic carbocycles. The largest absolute Gasteiger partial charge is 0.392 e. The molecule has 2 aromatic carbocycles. The third-order valence-electron chi connectivity index (χ3n) is 5.97. The van der Waals surface area contributed by atoms with Crippen molar-refractivity contribution in [2.45, 2.75) is 67.9 Å². The molecule has 158 valence electrons. The molecule has 30 heavy (non-hydrogen) atoms. The van der Waals surface area contributed by atoms with Crippen LogP contribution in [-0.2, 0) is 22.9 Å². The molecule has 0 radical (unpaired) electrons. The third kappa shape index (κ3) is 4.07. The Morgan fingerprint density at radius 2 is 1.73 bits per heavy atom. The van der Waals surface area contributed by atoms with E-state index in [1.807, 2.05) is 37.3 Å². The molecule has 3 aromatic rings. The van der Waals surface area contributed by atoms with Crippen molar-refractivity contribution in [1.29, 1.82) is 0 Å². The number of aliphatic hydroxyl groups is 1. The molecule has 4 rings (SSSR count). The van der Waals surface area contributed by atoms with Crippen molar-refractivity contribution in [3.63, 3.8) is 0 Å². The molecule has 0 saturated heterocycles. The summed E-state index contributed by atoms with van der Waals surface area (Å²) in [5, 5.41) is 13.9. The second-order valence-corrected chi connectivity index (χ2v) is 9.91. The highest BCUT2D eigenvalue weighted by Crippen LogP contribution is 2.35. The lowest BCUT2D eigenvalue weighted by molar-refractivity contribution is 0.282. The fourth-order valence-corrected chi connectivity index (χ4v) is 5.53. The van der Waals surface area contributed by atoms with E-state index in [0.717, 1.165) is 48.6 Å². The molecule has 6 heteroatoms. The van der Waals surface area contributed by atoms with Gasteiger partial charge in [-0.15, -0.1) is 0 Å². The predicted molar refractivity (Wildman–Crippen MR) is 119 cm³/mol. The van der Waals surface area contributed by atoms with Gasteiger partial charge in [0.1, 0.15) is 4.90 Å². The van der Waals surface area contributed by atoms with Crippen LogP contribution in [0.5, 0.6) is 0 Å². The number of fused-ring (bicyclic) bond motifs is 1. The van der Waals surface area contributed by atoms with Crippen LogP contribution < -0.4 is 5.32 Å². The van der Waals surface area contributed by atoms with Gasteiger partial charge in [-0.25, -0.2) is 8.42 Å². The summed E-state index contributed by atoms with van der Waals surface area (Å²) in [6.07, 6.45) is 7.87. The second kappa shape index (κ2) is 8.74. The molecular formula is C24H28N2O3S. The summed E-state index contributed by atoms with van der Waals surface area (Å²) in [6.45, 7) is 1.94. The van der Waals surface area contributed by atoms with Crippen LogP contribution in [0.15, 0.2) is 58.5 Å². The standard InChI is InChI=1S/C24H28N2O3S/c1-2-17-8-11-20(12-9-17)30(28,29)23-15-25-22-13-10-18(16-27)14-21(22)24(23)26-19-6-4-3-5-7-19/h8-15,19,27H,2-7,16H2,1H3,(H,25,26). The Morgan fingerprint density at radius 1 is 1.03 bits per heavy atom. The molecule has 0 spiro atoms. The summed E-state index contributed by atoms with van der Waals surface area (Å²) in [7, 11) is -3.74. The highest BCUT2D eigenvalue weighted by atomic mass is 32.2. The molecule has 0 unspecified atom stereocenters. The monoisotopic (exact) mass is 424 g/mol. The number of sulfone groups is 1. The SMILES string of the molecule is CCc1ccc(S(=O)(=O)c2cnc3ccc(CO)cc3c2NC2CCCCC2)cc1. The minimum Gasteiger partial charge on any atom is -0.392 e. The first-order valence-electron chi connectivity index (χ1n) is 10.7. The van der Waals surface area contributed by atoms with Crippen LogP contribution in [0.4, 0.5) is 5.69 Å². The molecule has 1 aliphatic rings. The number of anilines is 1. The first-order valence-corrected chi connectivity index (χ1v) is 12.1. The van der Waals surface area contributed by atoms with E-state index >= 15 is 0 Å². The number of benzene rings is 2. The summed E-state index contributed by atoms with van der Waals surface area (Å²) in [6, 6.07) is 12.8. The van der Waals surface area contributed by atoms with Crippen LogP contribution in [0.1, 0.15) is 50.2 Å². The van der Waals surface area contributed by atoms with Crippen molar-refractivity contribution in [3.05, 3.63) is 59.8 Å². The molecule has 2 N–H and O–H groups in total. The van der Waals surface area contributed by atoms with Gasteiger partial charge in [-0.2, -0.15) is 0 Å². The molecule has 5 nitrogen and oxygen atoms in total. The van der Waals surface area contributed by atoms with Crippen molar-refractivity contribution in [2.24, 2.45) is 0 Å². The third-order valence-corrected chi connectivity index (χ3v) is 7.75. The summed E-state index contributed by atoms with van der Waals surface area (Å²) in [5.74, 6) is 0. The topological polar surface area (TPSA) is 79.3 Å². The number of nitrogens with one attached hydrogen (secondary N) is 1. The summed E-state index contributed by atoms with van der Waals surface area (Å²) >= 11 is 0. The van der Waals surface area contributed by atoms with E-state index in [4.69, 9.17) is 0 Å². The molecule has 1 saturated carbocycles. The van der Waals surface area contributed by atoms with E-state index < -0.39 is 9.84 Å². The quantitative estimate of drug-likeness (QED) is 0.590. The Balaban J connectivity index is 1.87. The number of hydrogen-bond donors (Lipinski definition) is 2. The number of hydrogen-bond acceptors (Lipinski definition) is 5. The summed E-state index contributed by atoms with van der Waals surface area (Å²) < 4.78 is 27.1. The lowest BCUT2D eigenvalue weighted by Gasteiger charge is -2.26. The van der Waals surface area contributed by atoms with Crippen molar-refractivity contribution in [3.8, 4) is 0 Å². The van der Waals surface area contributed by atoms with E-state index in [1.165, 1.54) is 12.6 Å². The molecular weight excluding hydrogens is 396 g/mol. The van der Waals surface area contributed by atoms with Gasteiger partial charge in [0.2, 0.25) is 9.84 Å². The first kappa shape index (κ1) is 20.8. The lowest BCUT2D eigenvalue weighted by Crippen LogP contribution is -2.24. The van der Waals surface area contributed by atoms with Crippen LogP contribution in [-0.4, -0.2) is 24.6 Å². The molecule has 0 aliphatic heterocycles. The highest BCUT2D eigenvalue weighted by Gasteiger charge is 2.26. The fraction of sp³-hybridized carbons (Fsp3) is 0.375. The van der Waals surface area contributed by atoms with Crippen molar-refractivity contribution in [2.75, 3.05) is 5.32 Å². The smallest absolute Gasteiger partial charge is 0.210 e. The maximum atomic E-state index is 13.6. The molecule has 1 heterocycles. The first-order chi connectivity index (χ1) is 14.5. The van der Waals surface area contributed by atoms with E-state index in [2.05, 4.69) is 10.3 Å². The van der Waals surface area contributed by atoms with Gasteiger partial charge in [0.25, 0.3) is 0 Å². The van der Waals surface area contributed by atoms with Gasteiger partial charge < -0.3 is 10.4 Å². The van der Waals surface area contributed by atoms with Crippen LogP contribution in [0.3, 0.4) is 0 Å². The number of nitrogens with zero attached hydrogens (tertiary/aromatic N) is 1. The van der Waals surface area contributed by atoms with Gasteiger partial charge in [-0.05, 0) is 54.7 Å². The molecule has 0 bridgehead atoms. The highest BCUT2D eigenvalue weighted by molar-refractivity contribution is 7.91. The molecule has 1 fully saturated rings. The zero-order valence-electron chi connectivity index (χ0n) is 17.3. The lowest BCUT2D eigenvalue weighted by atomic mass is 9.95. The van der Waals surface area contributed by atoms with Gasteiger partial charge in [-0.3, -0.25) is 4.98 Å². The minimum absolute atomic E-state index is 0.103. The number of pyridine rings is 1. The maximum absolute atomic E-state index is 13.6. The molecule has 1 aromatic heterocycles. The minimum atomic E-state index is -3.74. The number of aromatic nitrogens is 1. The normalized spacial score (nSPS) is 15.4. The zero-order valence-corrected chi connectivity index (χ0v) is 18.1. The average Bonchev–Trinajstić information content (AvgIpc) is 2.79. The molecule has 0 atom stereocenters. The number of aliphatic hydroxyl groups excluding tert-OH is 1. The van der Waals surface area contributed by atoms with Crippen LogP contribution >= 0.6 is 0 Å². The summed E-state index contributed by atoms with van der Waals surface area (Å²) in [4.78, 5) is 4.90. The van der Waals surface area contributed by atoms with Crippen LogP contribution in [0.25, 0.3) is 10.9 Å². The van der Waals surface area contributed by atoms with Gasteiger partial charge >= 0.3 is 0 Å². The van der Waals surface area contributed by atoms with Crippen molar-refractivity contribution < 1.29 is 13.5 Å². The Morgan fingerprint density at radius 3 is 2.40 bits per heavy atom. The maximum Gasteiger partial charge on any atom is 0.210 e. The van der Waals surface area contributed by atoms with Crippen molar-refractivity contribution in [1.82, 2.24) is 4.98 Å². The average molecular weight is 425 g/mol. The van der Waals surface area contributed by atoms with Crippen LogP contribution in [0.2, 0.25) is 0 Å². The Bertz CT molecular complexity index is 1140. The number of rotatable bonds is 6. The van der Waals surface area contributed by atoms with E-state index in [1.54, 1.807) is 12.1 Å².